The van der Waals surface area contributed by atoms with Crippen LogP contribution in [0.2, 0.25) is 0 Å². The highest BCUT2D eigenvalue weighted by Gasteiger charge is 2.12. The van der Waals surface area contributed by atoms with Gasteiger partial charge in [0.2, 0.25) is 0 Å². The van der Waals surface area contributed by atoms with E-state index in [1.54, 1.807) is 24.3 Å². The first-order valence-corrected chi connectivity index (χ1v) is 6.79. The van der Waals surface area contributed by atoms with Crippen molar-refractivity contribution in [1.82, 2.24) is 0 Å². The van der Waals surface area contributed by atoms with Gasteiger partial charge in [0.15, 0.2) is 5.78 Å². The zero-order valence-corrected chi connectivity index (χ0v) is 12.2. The SMILES string of the molecule is CC(=O)/C(=C/c1cccc(OCc2ccccc2)c1)C(=O)O. The van der Waals surface area contributed by atoms with E-state index < -0.39 is 11.8 Å². The maximum absolute atomic E-state index is 11.3. The number of benzene rings is 2. The van der Waals surface area contributed by atoms with Gasteiger partial charge in [-0.3, -0.25) is 4.79 Å². The molecule has 0 aliphatic heterocycles. The Morgan fingerprint density at radius 1 is 1.09 bits per heavy atom. The quantitative estimate of drug-likeness (QED) is 0.504. The zero-order valence-electron chi connectivity index (χ0n) is 12.2. The van der Waals surface area contributed by atoms with E-state index in [0.717, 1.165) is 5.56 Å². The maximum atomic E-state index is 11.3. The minimum atomic E-state index is -1.23. The average molecular weight is 296 g/mol. The van der Waals surface area contributed by atoms with Crippen LogP contribution in [0.3, 0.4) is 0 Å². The van der Waals surface area contributed by atoms with Crippen LogP contribution in [-0.4, -0.2) is 16.9 Å². The number of carboxylic acid groups (broad SMARTS) is 1. The molecule has 0 amide bonds. The lowest BCUT2D eigenvalue weighted by atomic mass is 10.1. The summed E-state index contributed by atoms with van der Waals surface area (Å²) in [4.78, 5) is 22.3. The summed E-state index contributed by atoms with van der Waals surface area (Å²) < 4.78 is 5.67. The fourth-order valence-corrected chi connectivity index (χ4v) is 1.92. The van der Waals surface area contributed by atoms with Gasteiger partial charge < -0.3 is 9.84 Å². The Hall–Kier alpha value is -2.88. The lowest BCUT2D eigenvalue weighted by molar-refractivity contribution is -0.134. The van der Waals surface area contributed by atoms with Crippen LogP contribution in [0.4, 0.5) is 0 Å². The molecule has 2 aromatic carbocycles. The van der Waals surface area contributed by atoms with E-state index in [2.05, 4.69) is 0 Å². The standard InChI is InChI=1S/C18H16O4/c1-13(19)17(18(20)21)11-15-8-5-9-16(10-15)22-12-14-6-3-2-4-7-14/h2-11H,12H2,1H3,(H,20,21)/b17-11-. The first-order valence-electron chi connectivity index (χ1n) is 6.79. The molecule has 112 valence electrons. The summed E-state index contributed by atoms with van der Waals surface area (Å²) in [5, 5.41) is 9.01. The van der Waals surface area contributed by atoms with Gasteiger partial charge in [-0.2, -0.15) is 0 Å². The molecular formula is C18H16O4. The van der Waals surface area contributed by atoms with Crippen molar-refractivity contribution in [3.63, 3.8) is 0 Å². The van der Waals surface area contributed by atoms with Crippen molar-refractivity contribution >= 4 is 17.8 Å². The van der Waals surface area contributed by atoms with E-state index >= 15 is 0 Å². The number of carbonyl (C=O) groups is 2. The Morgan fingerprint density at radius 3 is 2.45 bits per heavy atom. The predicted octanol–water partition coefficient (Wildman–Crippen LogP) is 3.32. The van der Waals surface area contributed by atoms with Gasteiger partial charge in [0.1, 0.15) is 17.9 Å². The number of carbonyl (C=O) groups excluding carboxylic acids is 1. The van der Waals surface area contributed by atoms with Crippen LogP contribution in [0.1, 0.15) is 18.1 Å². The van der Waals surface area contributed by atoms with Crippen molar-refractivity contribution in [2.24, 2.45) is 0 Å². The molecule has 0 fully saturated rings. The van der Waals surface area contributed by atoms with Crippen LogP contribution in [0, 0.1) is 0 Å². The van der Waals surface area contributed by atoms with E-state index in [4.69, 9.17) is 9.84 Å². The molecule has 0 radical (unpaired) electrons. The third-order valence-corrected chi connectivity index (χ3v) is 3.03. The van der Waals surface area contributed by atoms with Gasteiger partial charge in [0, 0.05) is 0 Å². The van der Waals surface area contributed by atoms with E-state index in [-0.39, 0.29) is 5.57 Å². The molecule has 0 atom stereocenters. The molecule has 4 heteroatoms. The van der Waals surface area contributed by atoms with Gasteiger partial charge in [-0.05, 0) is 36.3 Å². The van der Waals surface area contributed by atoms with Crippen molar-refractivity contribution in [1.29, 1.82) is 0 Å². The molecule has 0 aromatic heterocycles. The highest BCUT2D eigenvalue weighted by atomic mass is 16.5. The fraction of sp³-hybridized carbons (Fsp3) is 0.111. The Bertz CT molecular complexity index is 686. The number of aliphatic carboxylic acids is 1. The summed E-state index contributed by atoms with van der Waals surface area (Å²) in [5.41, 5.74) is 1.40. The van der Waals surface area contributed by atoms with Gasteiger partial charge in [-0.15, -0.1) is 0 Å². The van der Waals surface area contributed by atoms with E-state index in [9.17, 15) is 9.59 Å². The molecule has 2 aromatic rings. The first-order chi connectivity index (χ1) is 10.6. The molecule has 0 heterocycles. The predicted molar refractivity (Wildman–Crippen MR) is 83.5 cm³/mol. The summed E-state index contributed by atoms with van der Waals surface area (Å²) in [6.45, 7) is 1.65. The second kappa shape index (κ2) is 7.22. The molecule has 0 saturated heterocycles. The van der Waals surface area contributed by atoms with Crippen LogP contribution in [0.5, 0.6) is 5.75 Å². The lowest BCUT2D eigenvalue weighted by Gasteiger charge is -2.07. The van der Waals surface area contributed by atoms with Gasteiger partial charge in [-0.1, -0.05) is 42.5 Å². The van der Waals surface area contributed by atoms with E-state index in [0.29, 0.717) is 17.9 Å². The summed E-state index contributed by atoms with van der Waals surface area (Å²) in [6.07, 6.45) is 1.35. The molecule has 22 heavy (non-hydrogen) atoms. The Labute approximate surface area is 128 Å². The number of ketones is 1. The lowest BCUT2D eigenvalue weighted by Crippen LogP contribution is -2.08. The van der Waals surface area contributed by atoms with Gasteiger partial charge >= 0.3 is 5.97 Å². The maximum Gasteiger partial charge on any atom is 0.339 e. The Morgan fingerprint density at radius 2 is 1.82 bits per heavy atom. The smallest absolute Gasteiger partial charge is 0.339 e. The summed E-state index contributed by atoms with van der Waals surface area (Å²) in [5.74, 6) is -1.10. The van der Waals surface area contributed by atoms with Gasteiger partial charge in [0.05, 0.1) is 0 Å². The molecule has 0 aliphatic rings. The monoisotopic (exact) mass is 296 g/mol. The van der Waals surface area contributed by atoms with Crippen LogP contribution >= 0.6 is 0 Å². The van der Waals surface area contributed by atoms with Crippen LogP contribution in [0.25, 0.3) is 6.08 Å². The number of rotatable bonds is 6. The van der Waals surface area contributed by atoms with Crippen LogP contribution < -0.4 is 4.74 Å². The van der Waals surface area contributed by atoms with Crippen molar-refractivity contribution in [3.8, 4) is 5.75 Å². The van der Waals surface area contributed by atoms with Crippen LogP contribution in [-0.2, 0) is 16.2 Å². The molecule has 2 rings (SSSR count). The van der Waals surface area contributed by atoms with E-state index in [1.807, 2.05) is 30.3 Å². The number of hydrogen-bond donors (Lipinski definition) is 1. The number of carboxylic acids is 1. The molecule has 0 aliphatic carbocycles. The third kappa shape index (κ3) is 4.31. The van der Waals surface area contributed by atoms with Crippen molar-refractivity contribution in [3.05, 3.63) is 71.3 Å². The minimum Gasteiger partial charge on any atom is -0.489 e. The molecule has 0 bridgehead atoms. The zero-order chi connectivity index (χ0) is 15.9. The van der Waals surface area contributed by atoms with Gasteiger partial charge in [0.25, 0.3) is 0 Å². The van der Waals surface area contributed by atoms with Crippen molar-refractivity contribution in [2.45, 2.75) is 13.5 Å². The molecule has 1 N–H and O–H groups in total. The second-order valence-corrected chi connectivity index (χ2v) is 4.77. The highest BCUT2D eigenvalue weighted by molar-refractivity contribution is 6.19. The number of ether oxygens (including phenoxy) is 1. The Balaban J connectivity index is 2.14. The summed E-state index contributed by atoms with van der Waals surface area (Å²) >= 11 is 0. The molecule has 0 spiro atoms. The normalized spacial score (nSPS) is 11.0. The Kier molecular flexibility index (Phi) is 5.09. The molecule has 0 unspecified atom stereocenters. The third-order valence-electron chi connectivity index (χ3n) is 3.03. The highest BCUT2D eigenvalue weighted by Crippen LogP contribution is 2.17. The second-order valence-electron chi connectivity index (χ2n) is 4.77. The van der Waals surface area contributed by atoms with Crippen molar-refractivity contribution in [2.75, 3.05) is 0 Å². The molecular weight excluding hydrogens is 280 g/mol. The fourth-order valence-electron chi connectivity index (χ4n) is 1.92. The molecule has 4 nitrogen and oxygen atoms in total. The van der Waals surface area contributed by atoms with E-state index in [1.165, 1.54) is 13.0 Å². The minimum absolute atomic E-state index is 0.250. The topological polar surface area (TPSA) is 63.6 Å². The molecule has 0 saturated carbocycles. The average Bonchev–Trinajstić information content (AvgIpc) is 2.51. The summed E-state index contributed by atoms with van der Waals surface area (Å²) in [6, 6.07) is 16.7. The number of hydrogen-bond acceptors (Lipinski definition) is 3. The number of Topliss-reactive ketones (excluding diaryl/α,β-unsaturated/α-hetero) is 1. The van der Waals surface area contributed by atoms with Crippen molar-refractivity contribution < 1.29 is 19.4 Å². The largest absolute Gasteiger partial charge is 0.489 e. The summed E-state index contributed by atoms with van der Waals surface area (Å²) in [7, 11) is 0. The van der Waals surface area contributed by atoms with Gasteiger partial charge in [-0.25, -0.2) is 4.79 Å². The first kappa shape index (κ1) is 15.5. The van der Waals surface area contributed by atoms with Crippen LogP contribution in [0.15, 0.2) is 60.2 Å².